The maximum Gasteiger partial charge on any atom is 0.261 e. The summed E-state index contributed by atoms with van der Waals surface area (Å²) in [5.74, 6) is 1.35. The van der Waals surface area contributed by atoms with Crippen LogP contribution < -0.4 is 10.3 Å². The molecule has 2 heterocycles. The Morgan fingerprint density at radius 1 is 0.794 bits per heavy atom. The van der Waals surface area contributed by atoms with E-state index < -0.39 is 0 Å². The van der Waals surface area contributed by atoms with E-state index in [4.69, 9.17) is 4.74 Å². The molecule has 0 fully saturated rings. The van der Waals surface area contributed by atoms with Crippen LogP contribution in [0, 0.1) is 6.92 Å². The molecule has 0 radical (unpaired) electrons. The number of nitrogens with one attached hydrogen (secondary N) is 1. The lowest BCUT2D eigenvalue weighted by atomic mass is 9.98. The lowest BCUT2D eigenvalue weighted by Crippen LogP contribution is -2.12. The third-order valence-electron chi connectivity index (χ3n) is 5.67. The van der Waals surface area contributed by atoms with Crippen LogP contribution in [0.4, 0.5) is 0 Å². The minimum Gasteiger partial charge on any atom is -0.508 e. The summed E-state index contributed by atoms with van der Waals surface area (Å²) in [5, 5.41) is 20.4. The van der Waals surface area contributed by atoms with Crippen molar-refractivity contribution in [2.45, 2.75) is 6.92 Å². The first kappa shape index (κ1) is 21.2. The standard InChI is InChI=1S/C27H21N3O4/c1-15-28-26-25(27(33)29-15)22(17-7-10-20(34-2)11-8-17)14-23(30-26)18-5-3-16(4-6-18)21-13-19(31)9-12-24(21)32/h3-14,31-32H,1-2H3,(H,28,29,30,33). The van der Waals surface area contributed by atoms with Crippen molar-refractivity contribution in [3.05, 3.63) is 89.0 Å². The lowest BCUT2D eigenvalue weighted by molar-refractivity contribution is 0.415. The van der Waals surface area contributed by atoms with Crippen LogP contribution in [0.5, 0.6) is 17.2 Å². The van der Waals surface area contributed by atoms with Crippen molar-refractivity contribution < 1.29 is 14.9 Å². The highest BCUT2D eigenvalue weighted by Gasteiger charge is 2.15. The molecule has 0 unspecified atom stereocenters. The number of phenols is 2. The van der Waals surface area contributed by atoms with E-state index in [1.165, 1.54) is 18.2 Å². The number of pyridine rings is 1. The van der Waals surface area contributed by atoms with Crippen LogP contribution in [0.1, 0.15) is 5.82 Å². The first-order valence-electron chi connectivity index (χ1n) is 10.6. The number of ether oxygens (including phenoxy) is 1. The van der Waals surface area contributed by atoms with E-state index in [1.807, 2.05) is 54.6 Å². The fourth-order valence-corrected chi connectivity index (χ4v) is 3.97. The molecule has 5 rings (SSSR count). The van der Waals surface area contributed by atoms with Gasteiger partial charge in [-0.1, -0.05) is 36.4 Å². The van der Waals surface area contributed by atoms with Crippen molar-refractivity contribution in [2.24, 2.45) is 0 Å². The average molecular weight is 451 g/mol. The van der Waals surface area contributed by atoms with Gasteiger partial charge in [-0.25, -0.2) is 9.97 Å². The maximum absolute atomic E-state index is 12.8. The highest BCUT2D eigenvalue weighted by molar-refractivity contribution is 5.94. The monoisotopic (exact) mass is 451 g/mol. The quantitative estimate of drug-likeness (QED) is 0.330. The topological polar surface area (TPSA) is 108 Å². The van der Waals surface area contributed by atoms with Gasteiger partial charge in [0, 0.05) is 16.7 Å². The molecule has 0 aliphatic heterocycles. The molecule has 34 heavy (non-hydrogen) atoms. The molecule has 168 valence electrons. The van der Waals surface area contributed by atoms with Gasteiger partial charge in [-0.15, -0.1) is 0 Å². The van der Waals surface area contributed by atoms with E-state index in [1.54, 1.807) is 14.0 Å². The number of H-pyrrole nitrogens is 1. The summed E-state index contributed by atoms with van der Waals surface area (Å²) in [4.78, 5) is 24.7. The number of phenolic OH excluding ortho intramolecular Hbond substituents is 2. The van der Waals surface area contributed by atoms with E-state index in [0.717, 1.165) is 22.4 Å². The average Bonchev–Trinajstić information content (AvgIpc) is 2.85. The van der Waals surface area contributed by atoms with Gasteiger partial charge in [-0.05, 0) is 54.4 Å². The smallest absolute Gasteiger partial charge is 0.261 e. The molecule has 0 saturated carbocycles. The summed E-state index contributed by atoms with van der Waals surface area (Å²) in [7, 11) is 1.60. The second kappa shape index (κ2) is 8.37. The van der Waals surface area contributed by atoms with Crippen molar-refractivity contribution in [1.29, 1.82) is 0 Å². The second-order valence-electron chi connectivity index (χ2n) is 7.91. The third kappa shape index (κ3) is 3.84. The summed E-state index contributed by atoms with van der Waals surface area (Å²) >= 11 is 0. The van der Waals surface area contributed by atoms with Gasteiger partial charge in [-0.3, -0.25) is 4.79 Å². The molecule has 5 aromatic rings. The van der Waals surface area contributed by atoms with Crippen LogP contribution in [-0.2, 0) is 0 Å². The van der Waals surface area contributed by atoms with Gasteiger partial charge < -0.3 is 19.9 Å². The fourth-order valence-electron chi connectivity index (χ4n) is 3.97. The number of aryl methyl sites for hydroxylation is 1. The van der Waals surface area contributed by atoms with Gasteiger partial charge in [-0.2, -0.15) is 0 Å². The Morgan fingerprint density at radius 3 is 2.15 bits per heavy atom. The van der Waals surface area contributed by atoms with Gasteiger partial charge in [0.25, 0.3) is 5.56 Å². The zero-order valence-electron chi connectivity index (χ0n) is 18.5. The van der Waals surface area contributed by atoms with Crippen LogP contribution in [-0.4, -0.2) is 32.3 Å². The summed E-state index contributed by atoms with van der Waals surface area (Å²) in [6.07, 6.45) is 0. The van der Waals surface area contributed by atoms with Gasteiger partial charge in [0.1, 0.15) is 23.1 Å². The van der Waals surface area contributed by atoms with Crippen molar-refractivity contribution >= 4 is 11.0 Å². The Kier molecular flexibility index (Phi) is 5.22. The molecule has 0 atom stereocenters. The van der Waals surface area contributed by atoms with E-state index in [-0.39, 0.29) is 17.1 Å². The Morgan fingerprint density at radius 2 is 1.44 bits per heavy atom. The molecule has 3 N–H and O–H groups in total. The number of hydrogen-bond acceptors (Lipinski definition) is 6. The van der Waals surface area contributed by atoms with E-state index in [9.17, 15) is 15.0 Å². The molecule has 0 bridgehead atoms. The number of fused-ring (bicyclic) bond motifs is 1. The Hall–Kier alpha value is -4.65. The van der Waals surface area contributed by atoms with E-state index >= 15 is 0 Å². The molecule has 2 aromatic heterocycles. The van der Waals surface area contributed by atoms with Gasteiger partial charge >= 0.3 is 0 Å². The fraction of sp³-hybridized carbons (Fsp3) is 0.0741. The second-order valence-corrected chi connectivity index (χ2v) is 7.91. The predicted octanol–water partition coefficient (Wildman–Crippen LogP) is 5.05. The molecular formula is C27H21N3O4. The normalized spacial score (nSPS) is 11.0. The summed E-state index contributed by atoms with van der Waals surface area (Å²) in [6, 6.07) is 21.2. The van der Waals surface area contributed by atoms with Crippen molar-refractivity contribution in [3.63, 3.8) is 0 Å². The number of nitrogens with zero attached hydrogens (tertiary/aromatic N) is 2. The Labute approximate surface area is 195 Å². The van der Waals surface area contributed by atoms with Crippen LogP contribution >= 0.6 is 0 Å². The number of rotatable bonds is 4. The largest absolute Gasteiger partial charge is 0.508 e. The number of aromatic hydroxyl groups is 2. The molecule has 7 nitrogen and oxygen atoms in total. The molecule has 0 spiro atoms. The molecule has 0 aliphatic rings. The third-order valence-corrected chi connectivity index (χ3v) is 5.67. The predicted molar refractivity (Wildman–Crippen MR) is 131 cm³/mol. The summed E-state index contributed by atoms with van der Waals surface area (Å²) in [5.41, 5.74) is 4.42. The van der Waals surface area contributed by atoms with Gasteiger partial charge in [0.2, 0.25) is 0 Å². The van der Waals surface area contributed by atoms with Crippen LogP contribution in [0.25, 0.3) is 44.5 Å². The van der Waals surface area contributed by atoms with Crippen LogP contribution in [0.3, 0.4) is 0 Å². The van der Waals surface area contributed by atoms with E-state index in [2.05, 4.69) is 15.0 Å². The number of benzene rings is 3. The minimum absolute atomic E-state index is 0.0730. The van der Waals surface area contributed by atoms with Crippen LogP contribution in [0.2, 0.25) is 0 Å². The minimum atomic E-state index is -0.248. The molecule has 0 saturated heterocycles. The zero-order valence-corrected chi connectivity index (χ0v) is 18.5. The first-order chi connectivity index (χ1) is 16.4. The highest BCUT2D eigenvalue weighted by Crippen LogP contribution is 2.35. The number of aromatic nitrogens is 3. The Bertz CT molecular complexity index is 1570. The van der Waals surface area contributed by atoms with Crippen molar-refractivity contribution in [1.82, 2.24) is 15.0 Å². The Balaban J connectivity index is 1.66. The number of hydrogen-bond donors (Lipinski definition) is 3. The lowest BCUT2D eigenvalue weighted by Gasteiger charge is -2.11. The highest BCUT2D eigenvalue weighted by atomic mass is 16.5. The van der Waals surface area contributed by atoms with Crippen LogP contribution in [0.15, 0.2) is 77.6 Å². The maximum atomic E-state index is 12.8. The summed E-state index contributed by atoms with van der Waals surface area (Å²) in [6.45, 7) is 1.72. The molecule has 0 amide bonds. The molecule has 7 heteroatoms. The molecular weight excluding hydrogens is 430 g/mol. The van der Waals surface area contributed by atoms with Gasteiger partial charge in [0.05, 0.1) is 18.2 Å². The number of aromatic amines is 1. The summed E-state index contributed by atoms with van der Waals surface area (Å²) < 4.78 is 5.26. The SMILES string of the molecule is COc1ccc(-c2cc(-c3ccc(-c4cc(O)ccc4O)cc3)nc3nc(C)[nH]c(=O)c23)cc1. The molecule has 3 aromatic carbocycles. The first-order valence-corrected chi connectivity index (χ1v) is 10.6. The zero-order chi connectivity index (χ0) is 23.8. The van der Waals surface area contributed by atoms with E-state index in [0.29, 0.717) is 33.7 Å². The van der Waals surface area contributed by atoms with Crippen molar-refractivity contribution in [3.8, 4) is 50.8 Å². The molecule has 0 aliphatic carbocycles. The number of methoxy groups -OCH3 is 1. The van der Waals surface area contributed by atoms with Crippen molar-refractivity contribution in [2.75, 3.05) is 7.11 Å². The van der Waals surface area contributed by atoms with Gasteiger partial charge in [0.15, 0.2) is 5.65 Å².